The van der Waals surface area contributed by atoms with Gasteiger partial charge in [-0.05, 0) is 30.6 Å². The fourth-order valence-electron chi connectivity index (χ4n) is 1.76. The zero-order chi connectivity index (χ0) is 10.6. The van der Waals surface area contributed by atoms with Gasteiger partial charge in [-0.1, -0.05) is 27.7 Å². The van der Waals surface area contributed by atoms with Crippen LogP contribution in [0.5, 0.6) is 0 Å². The van der Waals surface area contributed by atoms with Crippen molar-refractivity contribution in [1.82, 2.24) is 5.01 Å². The molecule has 1 saturated heterocycles. The molecule has 0 atom stereocenters. The maximum atomic E-state index is 4.50. The Kier molecular flexibility index (Phi) is 3.97. The van der Waals surface area contributed by atoms with Gasteiger partial charge in [-0.3, -0.25) is 5.01 Å². The molecule has 0 unspecified atom stereocenters. The molecule has 14 heavy (non-hydrogen) atoms. The van der Waals surface area contributed by atoms with Crippen LogP contribution in [0.1, 0.15) is 47.0 Å². The second-order valence-electron chi connectivity index (χ2n) is 5.57. The normalized spacial score (nSPS) is 21.4. The summed E-state index contributed by atoms with van der Waals surface area (Å²) in [5.41, 5.74) is 0.468. The van der Waals surface area contributed by atoms with E-state index in [1.807, 2.05) is 0 Å². The molecule has 1 heterocycles. The number of hydrazone groups is 1. The van der Waals surface area contributed by atoms with Crippen molar-refractivity contribution in [3.05, 3.63) is 0 Å². The molecule has 1 aliphatic rings. The fraction of sp³-hybridized carbons (Fsp3) is 0.917. The van der Waals surface area contributed by atoms with Crippen LogP contribution in [0.15, 0.2) is 5.10 Å². The Morgan fingerprint density at radius 2 is 2.14 bits per heavy atom. The lowest BCUT2D eigenvalue weighted by Crippen LogP contribution is -2.18. The lowest BCUT2D eigenvalue weighted by molar-refractivity contribution is 0.304. The van der Waals surface area contributed by atoms with E-state index in [4.69, 9.17) is 0 Å². The average molecular weight is 196 g/mol. The Balaban J connectivity index is 2.19. The number of rotatable bonds is 4. The largest absolute Gasteiger partial charge is 0.297 e. The van der Waals surface area contributed by atoms with E-state index in [-0.39, 0.29) is 0 Å². The molecule has 2 heteroatoms. The maximum absolute atomic E-state index is 4.50. The number of nitrogens with zero attached hydrogens (tertiary/aromatic N) is 2. The quantitative estimate of drug-likeness (QED) is 0.631. The second-order valence-corrected chi connectivity index (χ2v) is 5.57. The van der Waals surface area contributed by atoms with Crippen LogP contribution in [0.4, 0.5) is 0 Å². The summed E-state index contributed by atoms with van der Waals surface area (Å²) in [4.78, 5) is 0. The van der Waals surface area contributed by atoms with Gasteiger partial charge in [0.25, 0.3) is 0 Å². The molecule has 0 N–H and O–H groups in total. The summed E-state index contributed by atoms with van der Waals surface area (Å²) in [7, 11) is 0. The number of hydrogen-bond donors (Lipinski definition) is 0. The van der Waals surface area contributed by atoms with Gasteiger partial charge in [0.1, 0.15) is 0 Å². The highest BCUT2D eigenvalue weighted by Gasteiger charge is 2.27. The fourth-order valence-corrected chi connectivity index (χ4v) is 1.76. The summed E-state index contributed by atoms with van der Waals surface area (Å²) >= 11 is 0. The second kappa shape index (κ2) is 4.81. The van der Waals surface area contributed by atoms with Gasteiger partial charge in [0, 0.05) is 19.3 Å². The third kappa shape index (κ3) is 4.12. The first-order valence-electron chi connectivity index (χ1n) is 5.77. The Labute approximate surface area is 88.4 Å². The van der Waals surface area contributed by atoms with E-state index >= 15 is 0 Å². The lowest BCUT2D eigenvalue weighted by Gasteiger charge is -2.16. The molecular formula is C12H24N2. The van der Waals surface area contributed by atoms with Crippen LogP contribution in [-0.2, 0) is 0 Å². The first-order valence-corrected chi connectivity index (χ1v) is 5.77. The zero-order valence-electron chi connectivity index (χ0n) is 10.1. The third-order valence-electron chi connectivity index (χ3n) is 2.78. The highest BCUT2D eigenvalue weighted by Crippen LogP contribution is 2.28. The van der Waals surface area contributed by atoms with Gasteiger partial charge < -0.3 is 0 Å². The van der Waals surface area contributed by atoms with Gasteiger partial charge in [-0.25, -0.2) is 0 Å². The Morgan fingerprint density at radius 3 is 2.64 bits per heavy atom. The topological polar surface area (TPSA) is 15.6 Å². The minimum Gasteiger partial charge on any atom is -0.297 e. The van der Waals surface area contributed by atoms with Gasteiger partial charge in [-0.15, -0.1) is 0 Å². The van der Waals surface area contributed by atoms with Crippen molar-refractivity contribution in [1.29, 1.82) is 0 Å². The molecule has 0 aromatic heterocycles. The Hall–Kier alpha value is -0.530. The summed E-state index contributed by atoms with van der Waals surface area (Å²) in [5, 5.41) is 6.71. The summed E-state index contributed by atoms with van der Waals surface area (Å²) in [6, 6.07) is 0. The minimum absolute atomic E-state index is 0.468. The predicted molar refractivity (Wildman–Crippen MR) is 62.5 cm³/mol. The predicted octanol–water partition coefficient (Wildman–Crippen LogP) is 3.14. The van der Waals surface area contributed by atoms with Crippen LogP contribution in [0.2, 0.25) is 0 Å². The Bertz CT molecular complexity index is 194. The van der Waals surface area contributed by atoms with Crippen molar-refractivity contribution in [2.24, 2.45) is 16.4 Å². The van der Waals surface area contributed by atoms with Crippen LogP contribution in [0.25, 0.3) is 0 Å². The molecule has 0 bridgehead atoms. The molecule has 0 spiro atoms. The van der Waals surface area contributed by atoms with Crippen molar-refractivity contribution < 1.29 is 0 Å². The molecule has 0 saturated carbocycles. The van der Waals surface area contributed by atoms with Crippen LogP contribution in [0.3, 0.4) is 0 Å². The van der Waals surface area contributed by atoms with Crippen molar-refractivity contribution in [3.63, 3.8) is 0 Å². The van der Waals surface area contributed by atoms with Crippen molar-refractivity contribution in [3.8, 4) is 0 Å². The molecule has 0 radical (unpaired) electrons. The van der Waals surface area contributed by atoms with Crippen molar-refractivity contribution in [2.75, 3.05) is 13.1 Å². The molecule has 82 valence electrons. The van der Waals surface area contributed by atoms with Gasteiger partial charge in [-0.2, -0.15) is 5.10 Å². The van der Waals surface area contributed by atoms with Crippen LogP contribution >= 0.6 is 0 Å². The van der Waals surface area contributed by atoms with Gasteiger partial charge in [0.2, 0.25) is 0 Å². The molecule has 1 aliphatic heterocycles. The smallest absolute Gasteiger partial charge is 0.0411 e. The summed E-state index contributed by atoms with van der Waals surface area (Å²) in [6.45, 7) is 11.4. The molecule has 2 nitrogen and oxygen atoms in total. The van der Waals surface area contributed by atoms with E-state index < -0.39 is 0 Å². The summed E-state index contributed by atoms with van der Waals surface area (Å²) in [5.74, 6) is 0.788. The SMILES string of the molecule is CC(C)CC/C=N/N1CCC(C)(C)C1. The monoisotopic (exact) mass is 196 g/mol. The maximum Gasteiger partial charge on any atom is 0.0411 e. The molecule has 1 fully saturated rings. The van der Waals surface area contributed by atoms with E-state index in [2.05, 4.69) is 44.0 Å². The highest BCUT2D eigenvalue weighted by molar-refractivity contribution is 5.56. The highest BCUT2D eigenvalue weighted by atomic mass is 15.5. The van der Waals surface area contributed by atoms with E-state index in [0.29, 0.717) is 5.41 Å². The molecule has 0 aliphatic carbocycles. The molecule has 1 rings (SSSR count). The van der Waals surface area contributed by atoms with E-state index in [9.17, 15) is 0 Å². The summed E-state index contributed by atoms with van der Waals surface area (Å²) < 4.78 is 0. The minimum atomic E-state index is 0.468. The van der Waals surface area contributed by atoms with Gasteiger partial charge in [0.05, 0.1) is 0 Å². The first-order chi connectivity index (χ1) is 6.49. The summed E-state index contributed by atoms with van der Waals surface area (Å²) in [6.07, 6.45) is 5.73. The lowest BCUT2D eigenvalue weighted by atomic mass is 9.93. The molecule has 0 aromatic carbocycles. The average Bonchev–Trinajstić information content (AvgIpc) is 2.39. The molecule has 0 amide bonds. The van der Waals surface area contributed by atoms with Crippen LogP contribution in [-0.4, -0.2) is 24.3 Å². The van der Waals surface area contributed by atoms with Crippen LogP contribution < -0.4 is 0 Å². The molecular weight excluding hydrogens is 172 g/mol. The van der Waals surface area contributed by atoms with E-state index in [1.54, 1.807) is 0 Å². The van der Waals surface area contributed by atoms with E-state index in [1.165, 1.54) is 12.8 Å². The van der Waals surface area contributed by atoms with Crippen molar-refractivity contribution in [2.45, 2.75) is 47.0 Å². The number of hydrogen-bond acceptors (Lipinski definition) is 2. The van der Waals surface area contributed by atoms with Crippen molar-refractivity contribution >= 4 is 6.21 Å². The van der Waals surface area contributed by atoms with Crippen LogP contribution in [0, 0.1) is 11.3 Å². The standard InChI is InChI=1S/C12H24N2/c1-11(2)6-5-8-13-14-9-7-12(3,4)10-14/h8,11H,5-7,9-10H2,1-4H3/b13-8+. The van der Waals surface area contributed by atoms with E-state index in [0.717, 1.165) is 25.4 Å². The first kappa shape index (κ1) is 11.5. The molecule has 0 aromatic rings. The van der Waals surface area contributed by atoms with Gasteiger partial charge in [0.15, 0.2) is 0 Å². The zero-order valence-corrected chi connectivity index (χ0v) is 10.1. The Morgan fingerprint density at radius 1 is 1.43 bits per heavy atom. The third-order valence-corrected chi connectivity index (χ3v) is 2.78. The van der Waals surface area contributed by atoms with Gasteiger partial charge >= 0.3 is 0 Å².